The van der Waals surface area contributed by atoms with E-state index in [-0.39, 0.29) is 23.2 Å². The molecule has 2 N–H and O–H groups in total. The van der Waals surface area contributed by atoms with Crippen LogP contribution in [0, 0.1) is 5.82 Å². The summed E-state index contributed by atoms with van der Waals surface area (Å²) in [7, 11) is -3.63. The Morgan fingerprint density at radius 3 is 1.85 bits per heavy atom. The number of hydrogen-bond acceptors (Lipinski definition) is 3. The van der Waals surface area contributed by atoms with Gasteiger partial charge in [-0.3, -0.25) is 4.79 Å². The minimum Gasteiger partial charge on any atom is -0.348 e. The summed E-state index contributed by atoms with van der Waals surface area (Å²) in [5, 5.41) is 2.81. The Labute approximate surface area is 198 Å². The monoisotopic (exact) mass is 474 g/mol. The minimum atomic E-state index is -3.63. The van der Waals surface area contributed by atoms with Crippen LogP contribution in [0.25, 0.3) is 11.1 Å². The molecule has 172 valence electrons. The number of rotatable bonds is 8. The number of carbonyl (C=O) groups excluding carboxylic acids is 1. The largest absolute Gasteiger partial charge is 0.348 e. The highest BCUT2D eigenvalue weighted by Gasteiger charge is 2.14. The summed E-state index contributed by atoms with van der Waals surface area (Å²) in [6.07, 6.45) is 0. The first-order valence-electron chi connectivity index (χ1n) is 10.7. The molecule has 7 heteroatoms. The zero-order valence-corrected chi connectivity index (χ0v) is 19.1. The molecule has 0 bridgehead atoms. The van der Waals surface area contributed by atoms with E-state index >= 15 is 0 Å². The van der Waals surface area contributed by atoms with Crippen LogP contribution in [-0.4, -0.2) is 14.3 Å². The molecule has 4 aromatic rings. The first-order valence-corrected chi connectivity index (χ1v) is 12.2. The Morgan fingerprint density at radius 1 is 0.676 bits per heavy atom. The molecule has 0 radical (unpaired) electrons. The van der Waals surface area contributed by atoms with E-state index in [1.807, 2.05) is 42.5 Å². The van der Waals surface area contributed by atoms with Crippen molar-refractivity contribution in [2.75, 3.05) is 0 Å². The van der Waals surface area contributed by atoms with Crippen LogP contribution in [0.2, 0.25) is 0 Å². The second-order valence-corrected chi connectivity index (χ2v) is 9.49. The van der Waals surface area contributed by atoms with Crippen LogP contribution >= 0.6 is 0 Å². The molecule has 4 aromatic carbocycles. The molecule has 5 nitrogen and oxygen atoms in total. The molecule has 0 saturated carbocycles. The summed E-state index contributed by atoms with van der Waals surface area (Å²) in [6.45, 7) is 0.519. The number of benzene rings is 4. The van der Waals surface area contributed by atoms with Crippen molar-refractivity contribution in [1.82, 2.24) is 10.0 Å². The van der Waals surface area contributed by atoms with Crippen molar-refractivity contribution in [2.45, 2.75) is 18.0 Å². The predicted octanol–water partition coefficient (Wildman–Crippen LogP) is 4.90. The lowest BCUT2D eigenvalue weighted by molar-refractivity contribution is 0.0951. The Balaban J connectivity index is 1.37. The van der Waals surface area contributed by atoms with Crippen molar-refractivity contribution in [3.8, 4) is 11.1 Å². The van der Waals surface area contributed by atoms with Gasteiger partial charge >= 0.3 is 0 Å². The van der Waals surface area contributed by atoms with E-state index < -0.39 is 10.0 Å². The Hall–Kier alpha value is -3.81. The molecular formula is C27H23FN2O3S. The highest BCUT2D eigenvalue weighted by atomic mass is 32.2. The SMILES string of the molecule is O=C(NCc1ccc(F)cc1)c1ccc(-c2ccc(S(=O)(=O)NCc3ccccc3)cc2)cc1. The van der Waals surface area contributed by atoms with Gasteiger partial charge in [0.15, 0.2) is 0 Å². The van der Waals surface area contributed by atoms with Gasteiger partial charge in [0.1, 0.15) is 5.82 Å². The molecule has 0 atom stereocenters. The van der Waals surface area contributed by atoms with E-state index in [1.54, 1.807) is 48.5 Å². The van der Waals surface area contributed by atoms with Crippen molar-refractivity contribution >= 4 is 15.9 Å². The van der Waals surface area contributed by atoms with Gasteiger partial charge in [-0.05, 0) is 58.7 Å². The van der Waals surface area contributed by atoms with E-state index in [0.717, 1.165) is 22.3 Å². The molecule has 0 aliphatic heterocycles. The fourth-order valence-corrected chi connectivity index (χ4v) is 4.40. The fourth-order valence-electron chi connectivity index (χ4n) is 3.38. The van der Waals surface area contributed by atoms with Gasteiger partial charge in [0.05, 0.1) is 4.90 Å². The molecule has 4 rings (SSSR count). The lowest BCUT2D eigenvalue weighted by Gasteiger charge is -2.09. The maximum atomic E-state index is 13.0. The van der Waals surface area contributed by atoms with E-state index in [9.17, 15) is 17.6 Å². The third kappa shape index (κ3) is 5.95. The topological polar surface area (TPSA) is 75.3 Å². The molecule has 0 aliphatic carbocycles. The van der Waals surface area contributed by atoms with Crippen LogP contribution in [0.15, 0.2) is 108 Å². The average molecular weight is 475 g/mol. The maximum Gasteiger partial charge on any atom is 0.251 e. The van der Waals surface area contributed by atoms with Crippen molar-refractivity contribution in [1.29, 1.82) is 0 Å². The van der Waals surface area contributed by atoms with Crippen molar-refractivity contribution in [3.05, 3.63) is 126 Å². The molecule has 0 aliphatic rings. The zero-order chi connectivity index (χ0) is 24.0. The van der Waals surface area contributed by atoms with Crippen LogP contribution in [0.4, 0.5) is 4.39 Å². The van der Waals surface area contributed by atoms with Gasteiger partial charge in [-0.15, -0.1) is 0 Å². The summed E-state index contributed by atoms with van der Waals surface area (Å²) in [4.78, 5) is 12.6. The van der Waals surface area contributed by atoms with Crippen LogP contribution in [0.3, 0.4) is 0 Å². The number of halogens is 1. The van der Waals surface area contributed by atoms with Gasteiger partial charge in [-0.2, -0.15) is 0 Å². The van der Waals surface area contributed by atoms with Gasteiger partial charge in [-0.1, -0.05) is 66.7 Å². The van der Waals surface area contributed by atoms with Gasteiger partial charge in [0.2, 0.25) is 10.0 Å². The molecule has 0 spiro atoms. The van der Waals surface area contributed by atoms with Crippen molar-refractivity contribution < 1.29 is 17.6 Å². The minimum absolute atomic E-state index is 0.184. The van der Waals surface area contributed by atoms with Gasteiger partial charge in [0, 0.05) is 18.7 Å². The molecule has 0 heterocycles. The summed E-state index contributed by atoms with van der Waals surface area (Å²) < 4.78 is 40.8. The number of sulfonamides is 1. The fraction of sp³-hybridized carbons (Fsp3) is 0.0741. The lowest BCUT2D eigenvalue weighted by Crippen LogP contribution is -2.23. The quantitative estimate of drug-likeness (QED) is 0.381. The Kier molecular flexibility index (Phi) is 7.15. The number of carbonyl (C=O) groups is 1. The summed E-state index contributed by atoms with van der Waals surface area (Å²) in [5.74, 6) is -0.554. The van der Waals surface area contributed by atoms with Crippen molar-refractivity contribution in [2.24, 2.45) is 0 Å². The van der Waals surface area contributed by atoms with Crippen LogP contribution in [-0.2, 0) is 23.1 Å². The highest BCUT2D eigenvalue weighted by Crippen LogP contribution is 2.22. The third-order valence-corrected chi connectivity index (χ3v) is 6.74. The zero-order valence-electron chi connectivity index (χ0n) is 18.2. The first-order chi connectivity index (χ1) is 16.4. The Bertz CT molecular complexity index is 1350. The molecule has 0 saturated heterocycles. The summed E-state index contributed by atoms with van der Waals surface area (Å²) in [6, 6.07) is 28.9. The van der Waals surface area contributed by atoms with Crippen LogP contribution < -0.4 is 10.0 Å². The van der Waals surface area contributed by atoms with Crippen molar-refractivity contribution in [3.63, 3.8) is 0 Å². The molecule has 1 amide bonds. The third-order valence-electron chi connectivity index (χ3n) is 5.32. The standard InChI is InChI=1S/C27H23FN2O3S/c28-25-14-6-21(7-15-25)18-29-27(31)24-10-8-22(9-11-24)23-12-16-26(17-13-23)34(32,33)30-19-20-4-2-1-3-5-20/h1-17,30H,18-19H2,(H,29,31). The number of hydrogen-bond donors (Lipinski definition) is 2. The molecule has 34 heavy (non-hydrogen) atoms. The summed E-state index contributed by atoms with van der Waals surface area (Å²) in [5.41, 5.74) is 3.87. The van der Waals surface area contributed by atoms with Crippen LogP contribution in [0.5, 0.6) is 0 Å². The number of nitrogens with one attached hydrogen (secondary N) is 2. The smallest absolute Gasteiger partial charge is 0.251 e. The van der Waals surface area contributed by atoms with E-state index in [2.05, 4.69) is 10.0 Å². The number of amides is 1. The van der Waals surface area contributed by atoms with E-state index in [4.69, 9.17) is 0 Å². The first kappa shape index (κ1) is 23.4. The molecule has 0 fully saturated rings. The van der Waals surface area contributed by atoms with Gasteiger partial charge in [-0.25, -0.2) is 17.5 Å². The van der Waals surface area contributed by atoms with Crippen LogP contribution in [0.1, 0.15) is 21.5 Å². The predicted molar refractivity (Wildman–Crippen MR) is 130 cm³/mol. The summed E-state index contributed by atoms with van der Waals surface area (Å²) >= 11 is 0. The molecular weight excluding hydrogens is 451 g/mol. The molecule has 0 aromatic heterocycles. The highest BCUT2D eigenvalue weighted by molar-refractivity contribution is 7.89. The average Bonchev–Trinajstić information content (AvgIpc) is 2.88. The normalized spacial score (nSPS) is 11.2. The maximum absolute atomic E-state index is 13.0. The van der Waals surface area contributed by atoms with Gasteiger partial charge in [0.25, 0.3) is 5.91 Å². The lowest BCUT2D eigenvalue weighted by atomic mass is 10.0. The van der Waals surface area contributed by atoms with E-state index in [1.165, 1.54) is 12.1 Å². The molecule has 0 unspecified atom stereocenters. The second-order valence-electron chi connectivity index (χ2n) is 7.72. The van der Waals surface area contributed by atoms with Gasteiger partial charge < -0.3 is 5.32 Å². The van der Waals surface area contributed by atoms with E-state index in [0.29, 0.717) is 12.1 Å². The Morgan fingerprint density at radius 2 is 1.24 bits per heavy atom. The second kappa shape index (κ2) is 10.4.